The van der Waals surface area contributed by atoms with Crippen LogP contribution in [0, 0.1) is 0 Å². The molecule has 1 fully saturated rings. The highest BCUT2D eigenvalue weighted by Gasteiger charge is 2.27. The van der Waals surface area contributed by atoms with Gasteiger partial charge < -0.3 is 15.1 Å². The predicted octanol–water partition coefficient (Wildman–Crippen LogP) is 2.72. The van der Waals surface area contributed by atoms with Crippen molar-refractivity contribution in [2.45, 2.75) is 32.2 Å². The highest BCUT2D eigenvalue weighted by Crippen LogP contribution is 2.24. The fourth-order valence-corrected chi connectivity index (χ4v) is 2.64. The Labute approximate surface area is 117 Å². The molecule has 1 atom stereocenters. The Balaban J connectivity index is 2.15. The van der Waals surface area contributed by atoms with Crippen LogP contribution in [0.15, 0.2) is 24.3 Å². The molecule has 1 aliphatic heterocycles. The van der Waals surface area contributed by atoms with Gasteiger partial charge in [-0.2, -0.15) is 0 Å². The van der Waals surface area contributed by atoms with E-state index < -0.39 is 0 Å². The third-order valence-electron chi connectivity index (χ3n) is 4.21. The van der Waals surface area contributed by atoms with E-state index in [2.05, 4.69) is 67.3 Å². The SMILES string of the molecule is CCC1(C)CN(c2ccc(N(C)C)cc2)CCCN1. The molecule has 106 valence electrons. The van der Waals surface area contributed by atoms with Gasteiger partial charge in [0.15, 0.2) is 0 Å². The molecule has 0 aromatic heterocycles. The monoisotopic (exact) mass is 261 g/mol. The maximum Gasteiger partial charge on any atom is 0.0368 e. The number of rotatable bonds is 3. The molecule has 0 amide bonds. The number of benzene rings is 1. The van der Waals surface area contributed by atoms with Crippen molar-refractivity contribution in [3.63, 3.8) is 0 Å². The summed E-state index contributed by atoms with van der Waals surface area (Å²) in [4.78, 5) is 4.66. The molecule has 0 bridgehead atoms. The van der Waals surface area contributed by atoms with E-state index in [-0.39, 0.29) is 5.54 Å². The molecule has 3 nitrogen and oxygen atoms in total. The lowest BCUT2D eigenvalue weighted by atomic mass is 9.98. The maximum absolute atomic E-state index is 3.69. The standard InChI is InChI=1S/C16H27N3/c1-5-16(2)13-19(12-6-11-17-16)15-9-7-14(8-10-15)18(3)4/h7-10,17H,5-6,11-13H2,1-4H3. The van der Waals surface area contributed by atoms with Gasteiger partial charge in [-0.3, -0.25) is 0 Å². The van der Waals surface area contributed by atoms with Gasteiger partial charge in [-0.25, -0.2) is 0 Å². The van der Waals surface area contributed by atoms with Crippen molar-refractivity contribution in [3.05, 3.63) is 24.3 Å². The molecule has 0 saturated carbocycles. The van der Waals surface area contributed by atoms with E-state index in [1.54, 1.807) is 0 Å². The van der Waals surface area contributed by atoms with Crippen LogP contribution >= 0.6 is 0 Å². The van der Waals surface area contributed by atoms with E-state index in [4.69, 9.17) is 0 Å². The zero-order chi connectivity index (χ0) is 13.9. The molecule has 1 unspecified atom stereocenters. The van der Waals surface area contributed by atoms with E-state index in [9.17, 15) is 0 Å². The normalized spacial score (nSPS) is 24.1. The van der Waals surface area contributed by atoms with Gasteiger partial charge in [0, 0.05) is 44.1 Å². The molecule has 1 aromatic carbocycles. The van der Waals surface area contributed by atoms with E-state index in [1.807, 2.05) is 0 Å². The Morgan fingerprint density at radius 1 is 1.26 bits per heavy atom. The van der Waals surface area contributed by atoms with Gasteiger partial charge in [0.05, 0.1) is 0 Å². The lowest BCUT2D eigenvalue weighted by molar-refractivity contribution is 0.366. The Bertz CT molecular complexity index is 399. The second kappa shape index (κ2) is 5.83. The molecule has 0 radical (unpaired) electrons. The third-order valence-corrected chi connectivity index (χ3v) is 4.21. The quantitative estimate of drug-likeness (QED) is 0.902. The summed E-state index contributed by atoms with van der Waals surface area (Å²) in [5.74, 6) is 0. The summed E-state index contributed by atoms with van der Waals surface area (Å²) in [6.07, 6.45) is 2.38. The molecule has 19 heavy (non-hydrogen) atoms. The van der Waals surface area contributed by atoms with Gasteiger partial charge >= 0.3 is 0 Å². The van der Waals surface area contributed by atoms with E-state index >= 15 is 0 Å². The summed E-state index contributed by atoms with van der Waals surface area (Å²) in [6, 6.07) is 8.90. The van der Waals surface area contributed by atoms with Crippen LogP contribution in [0.25, 0.3) is 0 Å². The molecule has 2 rings (SSSR count). The summed E-state index contributed by atoms with van der Waals surface area (Å²) in [5, 5.41) is 3.69. The van der Waals surface area contributed by atoms with Crippen LogP contribution in [0.5, 0.6) is 0 Å². The molecule has 1 N–H and O–H groups in total. The Hall–Kier alpha value is -1.22. The van der Waals surface area contributed by atoms with Crippen molar-refractivity contribution >= 4 is 11.4 Å². The summed E-state index contributed by atoms with van der Waals surface area (Å²) in [6.45, 7) is 7.95. The third kappa shape index (κ3) is 3.41. The smallest absolute Gasteiger partial charge is 0.0368 e. The van der Waals surface area contributed by atoms with Gasteiger partial charge in [0.1, 0.15) is 0 Å². The van der Waals surface area contributed by atoms with E-state index in [0.717, 1.165) is 19.6 Å². The van der Waals surface area contributed by atoms with E-state index in [0.29, 0.717) is 0 Å². The van der Waals surface area contributed by atoms with Crippen LogP contribution < -0.4 is 15.1 Å². The lowest BCUT2D eigenvalue weighted by Gasteiger charge is -2.34. The average molecular weight is 261 g/mol. The van der Waals surface area contributed by atoms with Gasteiger partial charge in [-0.1, -0.05) is 6.92 Å². The fourth-order valence-electron chi connectivity index (χ4n) is 2.64. The van der Waals surface area contributed by atoms with Crippen LogP contribution in [0.3, 0.4) is 0 Å². The summed E-state index contributed by atoms with van der Waals surface area (Å²) < 4.78 is 0. The van der Waals surface area contributed by atoms with Crippen LogP contribution in [-0.4, -0.2) is 39.3 Å². The first-order chi connectivity index (χ1) is 9.04. The van der Waals surface area contributed by atoms with Gasteiger partial charge in [-0.15, -0.1) is 0 Å². The van der Waals surface area contributed by atoms with Crippen molar-refractivity contribution in [1.82, 2.24) is 5.32 Å². The van der Waals surface area contributed by atoms with Gasteiger partial charge in [0.25, 0.3) is 0 Å². The first-order valence-corrected chi connectivity index (χ1v) is 7.31. The Kier molecular flexibility index (Phi) is 4.35. The Morgan fingerprint density at radius 3 is 2.53 bits per heavy atom. The fraction of sp³-hybridized carbons (Fsp3) is 0.625. The zero-order valence-corrected chi connectivity index (χ0v) is 12.7. The molecule has 0 spiro atoms. The summed E-state index contributed by atoms with van der Waals surface area (Å²) >= 11 is 0. The van der Waals surface area contributed by atoms with E-state index in [1.165, 1.54) is 24.2 Å². The highest BCUT2D eigenvalue weighted by atomic mass is 15.2. The molecular formula is C16H27N3. The second-order valence-corrected chi connectivity index (χ2v) is 6.03. The minimum Gasteiger partial charge on any atom is -0.378 e. The predicted molar refractivity (Wildman–Crippen MR) is 84.3 cm³/mol. The lowest BCUT2D eigenvalue weighted by Crippen LogP contribution is -2.48. The molecule has 1 aromatic rings. The van der Waals surface area contributed by atoms with Gasteiger partial charge in [-0.05, 0) is 50.6 Å². The topological polar surface area (TPSA) is 18.5 Å². The number of anilines is 2. The molecule has 1 heterocycles. The Morgan fingerprint density at radius 2 is 1.95 bits per heavy atom. The minimum absolute atomic E-state index is 0.233. The van der Waals surface area contributed by atoms with Crippen LogP contribution in [-0.2, 0) is 0 Å². The van der Waals surface area contributed by atoms with Crippen LogP contribution in [0.2, 0.25) is 0 Å². The molecule has 3 heteroatoms. The largest absolute Gasteiger partial charge is 0.378 e. The van der Waals surface area contributed by atoms with Crippen LogP contribution in [0.1, 0.15) is 26.7 Å². The van der Waals surface area contributed by atoms with Crippen molar-refractivity contribution < 1.29 is 0 Å². The highest BCUT2D eigenvalue weighted by molar-refractivity contribution is 5.56. The van der Waals surface area contributed by atoms with Crippen molar-refractivity contribution in [2.75, 3.05) is 43.5 Å². The average Bonchev–Trinajstić information content (AvgIpc) is 2.62. The number of nitrogens with zero attached hydrogens (tertiary/aromatic N) is 2. The van der Waals surface area contributed by atoms with Crippen molar-refractivity contribution in [2.24, 2.45) is 0 Å². The van der Waals surface area contributed by atoms with Crippen molar-refractivity contribution in [3.8, 4) is 0 Å². The maximum atomic E-state index is 3.69. The zero-order valence-electron chi connectivity index (χ0n) is 12.7. The van der Waals surface area contributed by atoms with Crippen molar-refractivity contribution in [1.29, 1.82) is 0 Å². The second-order valence-electron chi connectivity index (χ2n) is 6.03. The minimum atomic E-state index is 0.233. The molecule has 0 aliphatic carbocycles. The first-order valence-electron chi connectivity index (χ1n) is 7.31. The van der Waals surface area contributed by atoms with Crippen LogP contribution in [0.4, 0.5) is 11.4 Å². The summed E-state index contributed by atoms with van der Waals surface area (Å²) in [5.41, 5.74) is 2.83. The number of nitrogens with one attached hydrogen (secondary N) is 1. The molecular weight excluding hydrogens is 234 g/mol. The number of hydrogen-bond acceptors (Lipinski definition) is 3. The first kappa shape index (κ1) is 14.2. The molecule has 1 saturated heterocycles. The summed E-state index contributed by atoms with van der Waals surface area (Å²) in [7, 11) is 4.16. The molecule has 1 aliphatic rings. The number of hydrogen-bond donors (Lipinski definition) is 1. The van der Waals surface area contributed by atoms with Gasteiger partial charge in [0.2, 0.25) is 0 Å².